The van der Waals surface area contributed by atoms with Gasteiger partial charge in [0.2, 0.25) is 11.8 Å². The van der Waals surface area contributed by atoms with Gasteiger partial charge in [-0.2, -0.15) is 0 Å². The van der Waals surface area contributed by atoms with Crippen LogP contribution in [0.5, 0.6) is 5.75 Å². The van der Waals surface area contributed by atoms with E-state index in [4.69, 9.17) is 16.3 Å². The van der Waals surface area contributed by atoms with Crippen LogP contribution in [0.3, 0.4) is 0 Å². The highest BCUT2D eigenvalue weighted by Gasteiger charge is 2.08. The molecule has 0 saturated carbocycles. The predicted molar refractivity (Wildman–Crippen MR) is 92.0 cm³/mol. The van der Waals surface area contributed by atoms with Crippen LogP contribution in [0.4, 0.5) is 5.69 Å². The summed E-state index contributed by atoms with van der Waals surface area (Å²) in [6.07, 6.45) is 1.14. The van der Waals surface area contributed by atoms with E-state index in [0.29, 0.717) is 23.0 Å². The van der Waals surface area contributed by atoms with Gasteiger partial charge >= 0.3 is 0 Å². The molecule has 6 nitrogen and oxygen atoms in total. The topological polar surface area (TPSA) is 79.5 Å². The lowest BCUT2D eigenvalue weighted by Crippen LogP contribution is -2.36. The van der Waals surface area contributed by atoms with Crippen molar-refractivity contribution >= 4 is 29.1 Å². The van der Waals surface area contributed by atoms with Gasteiger partial charge in [0.15, 0.2) is 0 Å². The summed E-state index contributed by atoms with van der Waals surface area (Å²) >= 11 is 5.92. The van der Waals surface area contributed by atoms with Crippen molar-refractivity contribution in [2.45, 2.75) is 32.7 Å². The molecule has 0 radical (unpaired) electrons. The van der Waals surface area contributed by atoms with Crippen LogP contribution >= 0.6 is 11.6 Å². The SMILES string of the molecule is CC[C@H](C)NC(=O)CCNC(=O)CNc1cc(Cl)ccc1OC. The Morgan fingerprint density at radius 1 is 1.30 bits per heavy atom. The highest BCUT2D eigenvalue weighted by Crippen LogP contribution is 2.27. The van der Waals surface area contributed by atoms with Gasteiger partial charge in [0.1, 0.15) is 5.75 Å². The smallest absolute Gasteiger partial charge is 0.239 e. The van der Waals surface area contributed by atoms with Gasteiger partial charge in [-0.1, -0.05) is 18.5 Å². The number of ether oxygens (including phenoxy) is 1. The third-order valence-corrected chi connectivity index (χ3v) is 3.53. The maximum Gasteiger partial charge on any atom is 0.239 e. The molecule has 1 rings (SSSR count). The molecular formula is C16H24ClN3O3. The van der Waals surface area contributed by atoms with Crippen molar-refractivity contribution in [2.75, 3.05) is 25.5 Å². The van der Waals surface area contributed by atoms with Gasteiger partial charge in [-0.25, -0.2) is 0 Å². The fraction of sp³-hybridized carbons (Fsp3) is 0.500. The molecule has 0 fully saturated rings. The highest BCUT2D eigenvalue weighted by atomic mass is 35.5. The van der Waals surface area contributed by atoms with Gasteiger partial charge in [-0.3, -0.25) is 9.59 Å². The number of methoxy groups -OCH3 is 1. The van der Waals surface area contributed by atoms with E-state index in [1.54, 1.807) is 25.3 Å². The molecule has 1 atom stereocenters. The number of halogens is 1. The largest absolute Gasteiger partial charge is 0.495 e. The van der Waals surface area contributed by atoms with Crippen LogP contribution in [0.1, 0.15) is 26.7 Å². The van der Waals surface area contributed by atoms with Crippen molar-refractivity contribution in [3.05, 3.63) is 23.2 Å². The molecule has 0 aliphatic carbocycles. The zero-order valence-electron chi connectivity index (χ0n) is 13.7. The van der Waals surface area contributed by atoms with Crippen molar-refractivity contribution in [3.63, 3.8) is 0 Å². The van der Waals surface area contributed by atoms with E-state index < -0.39 is 0 Å². The van der Waals surface area contributed by atoms with Gasteiger partial charge in [0, 0.05) is 24.0 Å². The second-order valence-corrected chi connectivity index (χ2v) is 5.61. The Labute approximate surface area is 141 Å². The molecule has 3 N–H and O–H groups in total. The first-order chi connectivity index (χ1) is 11.0. The molecule has 0 aromatic heterocycles. The fourth-order valence-corrected chi connectivity index (χ4v) is 1.99. The molecule has 0 aliphatic heterocycles. The monoisotopic (exact) mass is 341 g/mol. The third-order valence-electron chi connectivity index (χ3n) is 3.29. The Kier molecular flexibility index (Phi) is 8.26. The van der Waals surface area contributed by atoms with Crippen LogP contribution in [-0.2, 0) is 9.59 Å². The zero-order valence-corrected chi connectivity index (χ0v) is 14.5. The van der Waals surface area contributed by atoms with Crippen molar-refractivity contribution in [3.8, 4) is 5.75 Å². The average molecular weight is 342 g/mol. The maximum absolute atomic E-state index is 11.8. The molecule has 128 valence electrons. The number of anilines is 1. The Morgan fingerprint density at radius 2 is 2.04 bits per heavy atom. The van der Waals surface area contributed by atoms with Crippen LogP contribution in [0.25, 0.3) is 0 Å². The summed E-state index contributed by atoms with van der Waals surface area (Å²) in [7, 11) is 1.55. The Morgan fingerprint density at radius 3 is 2.70 bits per heavy atom. The lowest BCUT2D eigenvalue weighted by Gasteiger charge is -2.13. The van der Waals surface area contributed by atoms with Gasteiger partial charge in [0.05, 0.1) is 19.3 Å². The molecule has 0 spiro atoms. The van der Waals surface area contributed by atoms with E-state index in [2.05, 4.69) is 16.0 Å². The molecule has 0 bridgehead atoms. The quantitative estimate of drug-likeness (QED) is 0.643. The minimum absolute atomic E-state index is 0.0656. The predicted octanol–water partition coefficient (Wildman–Crippen LogP) is 2.18. The van der Waals surface area contributed by atoms with Crippen LogP contribution in [0.15, 0.2) is 18.2 Å². The standard InChI is InChI=1S/C16H24ClN3O3/c1-4-11(2)20-15(21)7-8-18-16(22)10-19-13-9-12(17)5-6-14(13)23-3/h5-6,9,11,19H,4,7-8,10H2,1-3H3,(H,18,22)(H,20,21)/t11-/m0/s1. The van der Waals surface area contributed by atoms with Gasteiger partial charge in [-0.15, -0.1) is 0 Å². The van der Waals surface area contributed by atoms with E-state index in [9.17, 15) is 9.59 Å². The van der Waals surface area contributed by atoms with Crippen molar-refractivity contribution < 1.29 is 14.3 Å². The Balaban J connectivity index is 2.32. The lowest BCUT2D eigenvalue weighted by molar-refractivity contribution is -0.122. The molecule has 0 saturated heterocycles. The number of hydrogen-bond acceptors (Lipinski definition) is 4. The molecule has 0 unspecified atom stereocenters. The normalized spacial score (nSPS) is 11.5. The average Bonchev–Trinajstić information content (AvgIpc) is 2.52. The number of amides is 2. The minimum atomic E-state index is -0.205. The Bertz CT molecular complexity index is 537. The van der Waals surface area contributed by atoms with E-state index >= 15 is 0 Å². The van der Waals surface area contributed by atoms with E-state index in [0.717, 1.165) is 6.42 Å². The summed E-state index contributed by atoms with van der Waals surface area (Å²) in [5.74, 6) is 0.336. The number of carbonyl (C=O) groups excluding carboxylic acids is 2. The van der Waals surface area contributed by atoms with Crippen LogP contribution in [0, 0.1) is 0 Å². The highest BCUT2D eigenvalue weighted by molar-refractivity contribution is 6.30. The number of benzene rings is 1. The number of rotatable bonds is 9. The molecule has 23 heavy (non-hydrogen) atoms. The van der Waals surface area contributed by atoms with Crippen LogP contribution in [0.2, 0.25) is 5.02 Å². The number of hydrogen-bond donors (Lipinski definition) is 3. The zero-order chi connectivity index (χ0) is 17.2. The molecule has 2 amide bonds. The fourth-order valence-electron chi connectivity index (χ4n) is 1.82. The minimum Gasteiger partial charge on any atom is -0.495 e. The summed E-state index contributed by atoms with van der Waals surface area (Å²) < 4.78 is 5.19. The van der Waals surface area contributed by atoms with Gasteiger partial charge < -0.3 is 20.7 Å². The van der Waals surface area contributed by atoms with Crippen molar-refractivity contribution in [2.24, 2.45) is 0 Å². The molecule has 0 aliphatic rings. The van der Waals surface area contributed by atoms with E-state index in [1.165, 1.54) is 0 Å². The summed E-state index contributed by atoms with van der Waals surface area (Å²) in [4.78, 5) is 23.4. The third kappa shape index (κ3) is 7.23. The molecular weight excluding hydrogens is 318 g/mol. The van der Waals surface area contributed by atoms with Gasteiger partial charge in [-0.05, 0) is 31.5 Å². The first-order valence-corrected chi connectivity index (χ1v) is 7.97. The summed E-state index contributed by atoms with van der Waals surface area (Å²) in [5.41, 5.74) is 0.643. The molecule has 0 heterocycles. The molecule has 1 aromatic carbocycles. The number of carbonyl (C=O) groups is 2. The lowest BCUT2D eigenvalue weighted by atomic mass is 10.2. The summed E-state index contributed by atoms with van der Waals surface area (Å²) in [5, 5.41) is 9.05. The first-order valence-electron chi connectivity index (χ1n) is 7.59. The van der Waals surface area contributed by atoms with Gasteiger partial charge in [0.25, 0.3) is 0 Å². The Hall–Kier alpha value is -1.95. The maximum atomic E-state index is 11.8. The van der Waals surface area contributed by atoms with Crippen molar-refractivity contribution in [1.29, 1.82) is 0 Å². The summed E-state index contributed by atoms with van der Waals surface area (Å²) in [6.45, 7) is 4.32. The molecule has 7 heteroatoms. The number of nitrogens with one attached hydrogen (secondary N) is 3. The van der Waals surface area contributed by atoms with Crippen LogP contribution in [-0.4, -0.2) is 38.1 Å². The first kappa shape index (κ1) is 19.1. The molecule has 1 aromatic rings. The second kappa shape index (κ2) is 9.94. The van der Waals surface area contributed by atoms with E-state index in [-0.39, 0.29) is 30.8 Å². The van der Waals surface area contributed by atoms with Crippen LogP contribution < -0.4 is 20.7 Å². The summed E-state index contributed by atoms with van der Waals surface area (Å²) in [6, 6.07) is 5.27. The van der Waals surface area contributed by atoms with Crippen molar-refractivity contribution in [1.82, 2.24) is 10.6 Å². The second-order valence-electron chi connectivity index (χ2n) is 5.17. The van der Waals surface area contributed by atoms with E-state index in [1.807, 2.05) is 13.8 Å².